The van der Waals surface area contributed by atoms with Gasteiger partial charge in [-0.2, -0.15) is 0 Å². The van der Waals surface area contributed by atoms with Crippen molar-refractivity contribution in [2.24, 2.45) is 0 Å². The first-order chi connectivity index (χ1) is 8.26. The van der Waals surface area contributed by atoms with E-state index in [-0.39, 0.29) is 12.2 Å². The number of aromatic nitrogens is 1. The average molecular weight is 233 g/mol. The van der Waals surface area contributed by atoms with Crippen LogP contribution >= 0.6 is 0 Å². The van der Waals surface area contributed by atoms with Gasteiger partial charge in [0, 0.05) is 23.4 Å². The second kappa shape index (κ2) is 4.91. The summed E-state index contributed by atoms with van der Waals surface area (Å²) in [5, 5.41) is 0.841. The fraction of sp³-hybridized carbons (Fsp3) is 0.231. The van der Waals surface area contributed by atoms with Crippen molar-refractivity contribution in [1.29, 1.82) is 0 Å². The van der Waals surface area contributed by atoms with Gasteiger partial charge in [0.05, 0.1) is 12.6 Å². The lowest BCUT2D eigenvalue weighted by Crippen LogP contribution is -1.97. The number of hydrogen-bond donors (Lipinski definition) is 0. The van der Waals surface area contributed by atoms with Gasteiger partial charge in [0.2, 0.25) is 5.88 Å². The molecule has 0 bridgehead atoms. The summed E-state index contributed by atoms with van der Waals surface area (Å²) in [6.07, 6.45) is 1.42. The number of benzene rings is 1. The molecule has 88 valence electrons. The summed E-state index contributed by atoms with van der Waals surface area (Å²) < 4.78 is 18.7. The summed E-state index contributed by atoms with van der Waals surface area (Å²) in [4.78, 5) is 14.6. The Kier molecular flexibility index (Phi) is 3.32. The largest absolute Gasteiger partial charge is 0.481 e. The van der Waals surface area contributed by atoms with Crippen molar-refractivity contribution in [3.63, 3.8) is 0 Å². The number of nitrogens with zero attached hydrogens (tertiary/aromatic N) is 1. The quantitative estimate of drug-likeness (QED) is 0.762. The lowest BCUT2D eigenvalue weighted by Gasteiger charge is -2.07. The molecule has 0 unspecified atom stereocenters. The highest BCUT2D eigenvalue weighted by Crippen LogP contribution is 2.23. The molecule has 0 saturated carbocycles. The van der Waals surface area contributed by atoms with Crippen LogP contribution in [0.25, 0.3) is 10.9 Å². The Hall–Kier alpha value is -1.97. The molecule has 4 heteroatoms. The zero-order chi connectivity index (χ0) is 12.3. The van der Waals surface area contributed by atoms with Crippen LogP contribution < -0.4 is 4.74 Å². The van der Waals surface area contributed by atoms with Gasteiger partial charge < -0.3 is 9.53 Å². The molecule has 2 rings (SSSR count). The maximum absolute atomic E-state index is 13.7. The lowest BCUT2D eigenvalue weighted by atomic mass is 10.0. The Bertz CT molecular complexity index is 554. The SMILES string of the molecule is COc1ccc2ccc(F)c(CCC=O)c2n1. The third-order valence-electron chi connectivity index (χ3n) is 2.61. The van der Waals surface area contributed by atoms with E-state index in [0.29, 0.717) is 23.4 Å². The molecule has 0 aliphatic carbocycles. The summed E-state index contributed by atoms with van der Waals surface area (Å²) in [7, 11) is 1.51. The number of fused-ring (bicyclic) bond motifs is 1. The number of ether oxygens (including phenoxy) is 1. The molecule has 0 radical (unpaired) electrons. The van der Waals surface area contributed by atoms with Gasteiger partial charge in [0.15, 0.2) is 0 Å². The summed E-state index contributed by atoms with van der Waals surface area (Å²) in [6, 6.07) is 6.62. The number of pyridine rings is 1. The lowest BCUT2D eigenvalue weighted by molar-refractivity contribution is -0.107. The van der Waals surface area contributed by atoms with Crippen LogP contribution in [0.3, 0.4) is 0 Å². The molecule has 1 aromatic carbocycles. The molecule has 0 spiro atoms. The van der Waals surface area contributed by atoms with Crippen LogP contribution in [0.2, 0.25) is 0 Å². The first-order valence-corrected chi connectivity index (χ1v) is 5.32. The number of aryl methyl sites for hydroxylation is 1. The molecule has 0 saturated heterocycles. The molecule has 1 heterocycles. The van der Waals surface area contributed by atoms with E-state index in [2.05, 4.69) is 4.98 Å². The van der Waals surface area contributed by atoms with Crippen molar-refractivity contribution < 1.29 is 13.9 Å². The number of carbonyl (C=O) groups is 1. The first-order valence-electron chi connectivity index (χ1n) is 5.32. The molecule has 3 nitrogen and oxygen atoms in total. The minimum Gasteiger partial charge on any atom is -0.481 e. The van der Waals surface area contributed by atoms with Crippen molar-refractivity contribution in [1.82, 2.24) is 4.98 Å². The Morgan fingerprint density at radius 2 is 2.12 bits per heavy atom. The molecule has 0 atom stereocenters. The molecule has 2 aromatic rings. The Morgan fingerprint density at radius 3 is 2.82 bits per heavy atom. The second-order valence-corrected chi connectivity index (χ2v) is 3.66. The summed E-state index contributed by atoms with van der Waals surface area (Å²) >= 11 is 0. The van der Waals surface area contributed by atoms with E-state index in [1.54, 1.807) is 12.1 Å². The van der Waals surface area contributed by atoms with E-state index in [1.165, 1.54) is 13.2 Å². The van der Waals surface area contributed by atoms with Gasteiger partial charge >= 0.3 is 0 Å². The maximum atomic E-state index is 13.7. The van der Waals surface area contributed by atoms with Crippen LogP contribution in [-0.2, 0) is 11.2 Å². The number of methoxy groups -OCH3 is 1. The van der Waals surface area contributed by atoms with Gasteiger partial charge in [-0.3, -0.25) is 0 Å². The Balaban J connectivity index is 2.59. The van der Waals surface area contributed by atoms with Crippen LogP contribution in [0, 0.1) is 5.82 Å². The van der Waals surface area contributed by atoms with Gasteiger partial charge in [0.25, 0.3) is 0 Å². The second-order valence-electron chi connectivity index (χ2n) is 3.66. The molecule has 0 aliphatic heterocycles. The van der Waals surface area contributed by atoms with E-state index in [4.69, 9.17) is 4.74 Å². The number of halogens is 1. The third-order valence-corrected chi connectivity index (χ3v) is 2.61. The van der Waals surface area contributed by atoms with Gasteiger partial charge in [-0.1, -0.05) is 0 Å². The fourth-order valence-corrected chi connectivity index (χ4v) is 1.76. The van der Waals surface area contributed by atoms with Crippen molar-refractivity contribution >= 4 is 17.2 Å². The molecule has 1 aromatic heterocycles. The monoisotopic (exact) mass is 233 g/mol. The Morgan fingerprint density at radius 1 is 1.35 bits per heavy atom. The normalized spacial score (nSPS) is 10.5. The zero-order valence-electron chi connectivity index (χ0n) is 9.44. The van der Waals surface area contributed by atoms with Crippen LogP contribution in [0.5, 0.6) is 5.88 Å². The molecule has 0 aliphatic rings. The highest BCUT2D eigenvalue weighted by Gasteiger charge is 2.09. The highest BCUT2D eigenvalue weighted by atomic mass is 19.1. The molecule has 0 N–H and O–H groups in total. The Labute approximate surface area is 98.2 Å². The molecule has 0 fully saturated rings. The van der Waals surface area contributed by atoms with E-state index in [1.807, 2.05) is 6.07 Å². The predicted octanol–water partition coefficient (Wildman–Crippen LogP) is 2.51. The number of aldehydes is 1. The van der Waals surface area contributed by atoms with Crippen molar-refractivity contribution in [2.75, 3.05) is 7.11 Å². The van der Waals surface area contributed by atoms with Crippen LogP contribution in [0.4, 0.5) is 4.39 Å². The van der Waals surface area contributed by atoms with Crippen molar-refractivity contribution in [3.05, 3.63) is 35.6 Å². The predicted molar refractivity (Wildman–Crippen MR) is 62.6 cm³/mol. The van der Waals surface area contributed by atoms with E-state index in [0.717, 1.165) is 11.7 Å². The average Bonchev–Trinajstić information content (AvgIpc) is 2.37. The molecule has 17 heavy (non-hydrogen) atoms. The summed E-state index contributed by atoms with van der Waals surface area (Å²) in [5.74, 6) is 0.107. The van der Waals surface area contributed by atoms with Crippen LogP contribution in [-0.4, -0.2) is 18.4 Å². The summed E-state index contributed by atoms with van der Waals surface area (Å²) in [6.45, 7) is 0. The van der Waals surface area contributed by atoms with Gasteiger partial charge in [0.1, 0.15) is 12.1 Å². The zero-order valence-corrected chi connectivity index (χ0v) is 9.44. The number of rotatable bonds is 4. The van der Waals surface area contributed by atoms with Crippen molar-refractivity contribution in [2.45, 2.75) is 12.8 Å². The maximum Gasteiger partial charge on any atom is 0.213 e. The minimum absolute atomic E-state index is 0.287. The third kappa shape index (κ3) is 2.25. The number of carbonyl (C=O) groups excluding carboxylic acids is 1. The smallest absolute Gasteiger partial charge is 0.213 e. The minimum atomic E-state index is -0.333. The van der Waals surface area contributed by atoms with Gasteiger partial charge in [-0.15, -0.1) is 0 Å². The molecule has 0 amide bonds. The van der Waals surface area contributed by atoms with E-state index >= 15 is 0 Å². The fourth-order valence-electron chi connectivity index (χ4n) is 1.76. The van der Waals surface area contributed by atoms with E-state index < -0.39 is 0 Å². The van der Waals surface area contributed by atoms with Gasteiger partial charge in [-0.05, 0) is 24.6 Å². The highest BCUT2D eigenvalue weighted by molar-refractivity contribution is 5.82. The molecular weight excluding hydrogens is 221 g/mol. The van der Waals surface area contributed by atoms with Crippen molar-refractivity contribution in [3.8, 4) is 5.88 Å². The topological polar surface area (TPSA) is 39.2 Å². The number of hydrogen-bond acceptors (Lipinski definition) is 3. The van der Waals surface area contributed by atoms with Crippen LogP contribution in [0.1, 0.15) is 12.0 Å². The van der Waals surface area contributed by atoms with Gasteiger partial charge in [-0.25, -0.2) is 9.37 Å². The first kappa shape index (κ1) is 11.5. The van der Waals surface area contributed by atoms with E-state index in [9.17, 15) is 9.18 Å². The standard InChI is InChI=1S/C13H12FNO2/c1-17-12-7-5-9-4-6-11(14)10(3-2-8-16)13(9)15-12/h4-8H,2-3H2,1H3. The molecular formula is C13H12FNO2. The van der Waals surface area contributed by atoms with Crippen LogP contribution in [0.15, 0.2) is 24.3 Å². The summed E-state index contributed by atoms with van der Waals surface area (Å²) in [5.41, 5.74) is 1.03.